The molecule has 2 amide bonds. The Morgan fingerprint density at radius 2 is 1.87 bits per heavy atom. The number of pyridine rings is 1. The van der Waals surface area contributed by atoms with Crippen LogP contribution < -0.4 is 15.0 Å². The van der Waals surface area contributed by atoms with Crippen LogP contribution in [0, 0.1) is 0 Å². The van der Waals surface area contributed by atoms with Crippen LogP contribution >= 0.6 is 11.6 Å². The Kier molecular flexibility index (Phi) is 7.29. The molecule has 0 aliphatic carbocycles. The van der Waals surface area contributed by atoms with Gasteiger partial charge in [0.05, 0.1) is 17.6 Å². The molecule has 0 bridgehead atoms. The molecule has 0 atom stereocenters. The number of ether oxygens (including phenoxy) is 1. The van der Waals surface area contributed by atoms with Gasteiger partial charge in [-0.25, -0.2) is 14.8 Å². The number of hydrogen-bond acceptors (Lipinski definition) is 5. The number of nitrogens with one attached hydrogen (secondary N) is 1. The first-order chi connectivity index (χ1) is 13.8. The van der Waals surface area contributed by atoms with E-state index in [1.54, 1.807) is 0 Å². The van der Waals surface area contributed by atoms with Crippen LogP contribution in [-0.4, -0.2) is 47.0 Å². The smallest absolute Gasteiger partial charge is 0.422 e. The van der Waals surface area contributed by atoms with E-state index in [1.165, 1.54) is 25.4 Å². The quantitative estimate of drug-likeness (QED) is 0.505. The van der Waals surface area contributed by atoms with Crippen molar-refractivity contribution in [1.82, 2.24) is 15.0 Å². The van der Waals surface area contributed by atoms with Gasteiger partial charge in [0.15, 0.2) is 6.61 Å². The Labute approximate surface area is 171 Å². The van der Waals surface area contributed by atoms with E-state index < -0.39 is 49.7 Å². The fourth-order valence-electron chi connectivity index (χ4n) is 2.02. The Bertz CT molecular complexity index is 840. The summed E-state index contributed by atoms with van der Waals surface area (Å²) in [5.41, 5.74) is 0.0456. The molecule has 2 aromatic rings. The second kappa shape index (κ2) is 9.32. The number of urea groups is 1. The van der Waals surface area contributed by atoms with E-state index in [0.717, 1.165) is 11.0 Å². The summed E-state index contributed by atoms with van der Waals surface area (Å²) >= 11 is 5.66. The number of amides is 2. The number of alkyl halides is 6. The lowest BCUT2D eigenvalue weighted by atomic mass is 10.2. The second-order valence-electron chi connectivity index (χ2n) is 5.87. The molecule has 0 saturated carbocycles. The Morgan fingerprint density at radius 3 is 2.43 bits per heavy atom. The third kappa shape index (κ3) is 7.89. The predicted molar refractivity (Wildman–Crippen MR) is 94.6 cm³/mol. The topological polar surface area (TPSA) is 80.2 Å². The van der Waals surface area contributed by atoms with Crippen molar-refractivity contribution in [3.63, 3.8) is 0 Å². The molecule has 0 fully saturated rings. The van der Waals surface area contributed by atoms with Gasteiger partial charge in [-0.2, -0.15) is 31.3 Å². The number of aryl methyl sites for hydroxylation is 1. The minimum Gasteiger partial charge on any atom is -0.468 e. The molecule has 7 nitrogen and oxygen atoms in total. The Balaban J connectivity index is 2.20. The van der Waals surface area contributed by atoms with Crippen molar-refractivity contribution in [2.45, 2.75) is 25.2 Å². The molecule has 0 spiro atoms. The van der Waals surface area contributed by atoms with Gasteiger partial charge in [0, 0.05) is 19.5 Å². The lowest BCUT2D eigenvalue weighted by molar-refractivity contribution is -0.154. The highest BCUT2D eigenvalue weighted by atomic mass is 35.5. The summed E-state index contributed by atoms with van der Waals surface area (Å²) < 4.78 is 79.0. The molecule has 0 aromatic carbocycles. The number of anilines is 2. The van der Waals surface area contributed by atoms with E-state index in [2.05, 4.69) is 25.0 Å². The average molecular weight is 458 g/mol. The number of hydrogen-bond donors (Lipinski definition) is 1. The summed E-state index contributed by atoms with van der Waals surface area (Å²) in [5.74, 6) is -1.16. The average Bonchev–Trinajstić information content (AvgIpc) is 2.63. The van der Waals surface area contributed by atoms with Gasteiger partial charge in [-0.3, -0.25) is 10.2 Å². The maximum atomic E-state index is 12.5. The molecule has 164 valence electrons. The second-order valence-corrected chi connectivity index (χ2v) is 6.26. The van der Waals surface area contributed by atoms with E-state index in [4.69, 9.17) is 11.6 Å². The first-order valence-electron chi connectivity index (χ1n) is 8.13. The number of aromatic nitrogens is 3. The van der Waals surface area contributed by atoms with Crippen molar-refractivity contribution in [2.75, 3.05) is 23.9 Å². The third-order valence-electron chi connectivity index (χ3n) is 3.43. The number of carbonyl (C=O) groups is 1. The van der Waals surface area contributed by atoms with E-state index >= 15 is 0 Å². The van der Waals surface area contributed by atoms with E-state index in [9.17, 15) is 31.1 Å². The molecule has 1 N–H and O–H groups in total. The molecule has 2 aromatic heterocycles. The van der Waals surface area contributed by atoms with Gasteiger partial charge in [-0.15, -0.1) is 0 Å². The van der Waals surface area contributed by atoms with Gasteiger partial charge in [-0.05, 0) is 18.6 Å². The van der Waals surface area contributed by atoms with Crippen molar-refractivity contribution in [3.8, 4) is 5.88 Å². The van der Waals surface area contributed by atoms with Crippen molar-refractivity contribution in [2.24, 2.45) is 0 Å². The van der Waals surface area contributed by atoms with Crippen LogP contribution in [0.2, 0.25) is 5.15 Å². The first-order valence-corrected chi connectivity index (χ1v) is 8.51. The lowest BCUT2D eigenvalue weighted by Crippen LogP contribution is -2.32. The zero-order chi connectivity index (χ0) is 22.5. The molecular formula is C16H14ClF6N5O2. The molecule has 30 heavy (non-hydrogen) atoms. The summed E-state index contributed by atoms with van der Waals surface area (Å²) in [6.45, 7) is -1.72. The van der Waals surface area contributed by atoms with Gasteiger partial charge < -0.3 is 4.74 Å². The SMILES string of the molecule is CN(C(=O)Nc1nc(CCC(F)(F)F)cc(OCC(F)(F)F)n1)c1ccc(Cl)nc1. The van der Waals surface area contributed by atoms with Gasteiger partial charge in [0.2, 0.25) is 11.8 Å². The molecule has 0 aliphatic heterocycles. The highest BCUT2D eigenvalue weighted by molar-refractivity contribution is 6.29. The van der Waals surface area contributed by atoms with Gasteiger partial charge in [0.1, 0.15) is 5.15 Å². The summed E-state index contributed by atoms with van der Waals surface area (Å²) in [4.78, 5) is 24.5. The third-order valence-corrected chi connectivity index (χ3v) is 3.65. The number of nitrogens with zero attached hydrogens (tertiary/aromatic N) is 4. The van der Waals surface area contributed by atoms with Gasteiger partial charge in [-0.1, -0.05) is 11.6 Å². The lowest BCUT2D eigenvalue weighted by Gasteiger charge is -2.18. The zero-order valence-corrected chi connectivity index (χ0v) is 15.9. The molecule has 0 radical (unpaired) electrons. The molecule has 2 heterocycles. The van der Waals surface area contributed by atoms with E-state index in [-0.39, 0.29) is 10.8 Å². The van der Waals surface area contributed by atoms with Crippen LogP contribution in [0.1, 0.15) is 12.1 Å². The maximum absolute atomic E-state index is 12.5. The van der Waals surface area contributed by atoms with E-state index in [0.29, 0.717) is 5.69 Å². The highest BCUT2D eigenvalue weighted by Crippen LogP contribution is 2.24. The summed E-state index contributed by atoms with van der Waals surface area (Å²) in [5, 5.41) is 2.37. The Hall–Kier alpha value is -2.83. The normalized spacial score (nSPS) is 11.9. The van der Waals surface area contributed by atoms with Crippen LogP contribution in [0.3, 0.4) is 0 Å². The molecular weight excluding hydrogens is 444 g/mol. The van der Waals surface area contributed by atoms with Crippen LogP contribution in [0.25, 0.3) is 0 Å². The fourth-order valence-corrected chi connectivity index (χ4v) is 2.13. The maximum Gasteiger partial charge on any atom is 0.422 e. The molecule has 0 unspecified atom stereocenters. The fraction of sp³-hybridized carbons (Fsp3) is 0.375. The standard InChI is InChI=1S/C16H14ClF6N5O2/c1-28(10-2-3-11(17)24-7-10)14(29)27-13-25-9(4-5-15(18,19)20)6-12(26-13)30-8-16(21,22)23/h2-3,6-7H,4-5,8H2,1H3,(H,25,26,27,29). The molecule has 0 saturated heterocycles. The molecule has 14 heteroatoms. The minimum atomic E-state index is -4.69. The predicted octanol–water partition coefficient (Wildman–Crippen LogP) is 4.63. The van der Waals surface area contributed by atoms with E-state index in [1.807, 2.05) is 0 Å². The number of rotatable bonds is 6. The highest BCUT2D eigenvalue weighted by Gasteiger charge is 2.30. The molecule has 2 rings (SSSR count). The van der Waals surface area contributed by atoms with Crippen molar-refractivity contribution < 1.29 is 35.9 Å². The van der Waals surface area contributed by atoms with Crippen LogP contribution in [-0.2, 0) is 6.42 Å². The summed E-state index contributed by atoms with van der Waals surface area (Å²) in [7, 11) is 1.34. The monoisotopic (exact) mass is 457 g/mol. The van der Waals surface area contributed by atoms with Crippen LogP contribution in [0.5, 0.6) is 5.88 Å². The summed E-state index contributed by atoms with van der Waals surface area (Å²) in [6, 6.07) is 2.90. The minimum absolute atomic E-state index is 0.180. The number of carbonyl (C=O) groups excluding carboxylic acids is 1. The largest absolute Gasteiger partial charge is 0.468 e. The van der Waals surface area contributed by atoms with Crippen LogP contribution in [0.4, 0.5) is 42.8 Å². The Morgan fingerprint density at radius 1 is 1.17 bits per heavy atom. The van der Waals surface area contributed by atoms with Gasteiger partial charge in [0.25, 0.3) is 0 Å². The van der Waals surface area contributed by atoms with Crippen LogP contribution in [0.15, 0.2) is 24.4 Å². The first kappa shape index (κ1) is 23.4. The number of halogens is 7. The van der Waals surface area contributed by atoms with Crippen molar-refractivity contribution >= 4 is 29.3 Å². The zero-order valence-electron chi connectivity index (χ0n) is 15.2. The van der Waals surface area contributed by atoms with Gasteiger partial charge >= 0.3 is 18.4 Å². The van der Waals surface area contributed by atoms with Crippen molar-refractivity contribution in [1.29, 1.82) is 0 Å². The molecule has 0 aliphatic rings. The van der Waals surface area contributed by atoms with Crippen molar-refractivity contribution in [3.05, 3.63) is 35.2 Å². The summed E-state index contributed by atoms with van der Waals surface area (Å²) in [6.07, 6.45) is -9.84.